The number of rotatable bonds is 19. The van der Waals surface area contributed by atoms with E-state index in [9.17, 15) is 19.5 Å². The topological polar surface area (TPSA) is 218 Å². The summed E-state index contributed by atoms with van der Waals surface area (Å²) in [6.45, 7) is 13.2. The molecule has 2 aliphatic rings. The van der Waals surface area contributed by atoms with Crippen LogP contribution in [0.25, 0.3) is 11.0 Å². The van der Waals surface area contributed by atoms with Crippen molar-refractivity contribution in [3.63, 3.8) is 0 Å². The van der Waals surface area contributed by atoms with Gasteiger partial charge in [-0.05, 0) is 95.3 Å². The molecule has 0 saturated carbocycles. The lowest BCUT2D eigenvalue weighted by atomic mass is 9.91. The number of nitrogens with two attached hydrogens (primary N) is 1. The van der Waals surface area contributed by atoms with E-state index in [2.05, 4.69) is 31.8 Å². The van der Waals surface area contributed by atoms with Gasteiger partial charge in [-0.2, -0.15) is 10.2 Å². The number of aliphatic hydroxyl groups excluding tert-OH is 1. The molecule has 0 radical (unpaired) electrons. The molecule has 5 heterocycles. The van der Waals surface area contributed by atoms with Crippen LogP contribution < -0.4 is 25.8 Å². The normalized spacial score (nSPS) is 15.2. The van der Waals surface area contributed by atoms with Gasteiger partial charge in [0, 0.05) is 56.3 Å². The first-order chi connectivity index (χ1) is 30.5. The summed E-state index contributed by atoms with van der Waals surface area (Å²) >= 11 is 0. The minimum absolute atomic E-state index is 0.199. The van der Waals surface area contributed by atoms with Crippen LogP contribution in [0.15, 0.2) is 53.5 Å². The number of nitrogens with one attached hydrogen (secondary N) is 2. The summed E-state index contributed by atoms with van der Waals surface area (Å²) in [6, 6.07) is 10.4. The SMILES string of the molecule is CCn1nc(C)cc1C(=O)NC1=Nc2cc(C(N)=O)cc(OCCCN3CCOCC3)c2C1CCC/C=C/Cn1c(NC(=O)c2cc(C)nn2CC)nc2cc(CO)cc(OC)c21. The molecule has 3 amide bonds. The third-order valence-corrected chi connectivity index (χ3v) is 11.2. The first kappa shape index (κ1) is 44.7. The fourth-order valence-electron chi connectivity index (χ4n) is 8.18. The maximum atomic E-state index is 13.8. The second-order valence-electron chi connectivity index (χ2n) is 15.6. The molecule has 7 rings (SSSR count). The molecule has 5 aromatic rings. The van der Waals surface area contributed by atoms with Crippen LogP contribution in [0.3, 0.4) is 0 Å². The van der Waals surface area contributed by atoms with Gasteiger partial charge in [0.05, 0.1) is 56.1 Å². The minimum Gasteiger partial charge on any atom is -0.494 e. The molecule has 334 valence electrons. The standard InChI is InChI=1S/C45H57N11O7/c1-6-55-35(21-28(3)51-55)43(59)49-42-32(39-33(47-42)25-31(41(46)58)26-37(39)63-18-12-14-53-16-19-62-20-17-53)13-10-8-9-11-15-54-40-34(23-30(27-57)24-38(40)61-5)48-45(54)50-44(60)36-22-29(4)52-56(36)7-2/h9,11,21-26,32,57H,6-8,10,12-20,27H2,1-5H3,(H2,46,58)(H,47,49,59)(H,48,50,60)/b11-9+. The summed E-state index contributed by atoms with van der Waals surface area (Å²) < 4.78 is 22.8. The number of methoxy groups -OCH3 is 1. The number of fused-ring (bicyclic) bond motifs is 2. The van der Waals surface area contributed by atoms with Gasteiger partial charge in [0.2, 0.25) is 11.9 Å². The molecule has 1 atom stereocenters. The number of aliphatic imine (C=N–C) groups is 1. The minimum atomic E-state index is -0.602. The van der Waals surface area contributed by atoms with Gasteiger partial charge in [0.25, 0.3) is 11.8 Å². The number of hydrogen-bond acceptors (Lipinski definition) is 12. The highest BCUT2D eigenvalue weighted by molar-refractivity contribution is 6.11. The van der Waals surface area contributed by atoms with Crippen LogP contribution in [0.2, 0.25) is 0 Å². The number of benzene rings is 2. The fraction of sp³-hybridized carbons (Fsp3) is 0.444. The van der Waals surface area contributed by atoms with Crippen LogP contribution in [-0.4, -0.2) is 109 Å². The lowest BCUT2D eigenvalue weighted by molar-refractivity contribution is 0.0358. The number of anilines is 1. The summed E-state index contributed by atoms with van der Waals surface area (Å²) in [5.41, 5.74) is 11.5. The van der Waals surface area contributed by atoms with E-state index in [1.807, 2.05) is 38.3 Å². The fourth-order valence-corrected chi connectivity index (χ4v) is 8.18. The Balaban J connectivity index is 1.11. The number of amides is 3. The average molecular weight is 864 g/mol. The van der Waals surface area contributed by atoms with Crippen molar-refractivity contribution in [1.29, 1.82) is 0 Å². The molecule has 1 fully saturated rings. The van der Waals surface area contributed by atoms with Gasteiger partial charge >= 0.3 is 0 Å². The lowest BCUT2D eigenvalue weighted by Crippen LogP contribution is -2.37. The van der Waals surface area contributed by atoms with E-state index < -0.39 is 5.91 Å². The summed E-state index contributed by atoms with van der Waals surface area (Å²) in [5.74, 6) is 0.176. The van der Waals surface area contributed by atoms with E-state index in [1.165, 1.54) is 0 Å². The van der Waals surface area contributed by atoms with E-state index in [0.29, 0.717) is 116 Å². The van der Waals surface area contributed by atoms with Crippen LogP contribution in [-0.2, 0) is 31.0 Å². The molecule has 0 aliphatic carbocycles. The molecule has 0 bridgehead atoms. The van der Waals surface area contributed by atoms with Gasteiger partial charge in [0.15, 0.2) is 0 Å². The Morgan fingerprint density at radius 3 is 2.27 bits per heavy atom. The Hall–Kier alpha value is -6.37. The number of primary amides is 1. The zero-order valence-electron chi connectivity index (χ0n) is 36.6. The highest BCUT2D eigenvalue weighted by Gasteiger charge is 2.33. The summed E-state index contributed by atoms with van der Waals surface area (Å²) in [7, 11) is 1.56. The molecular weight excluding hydrogens is 807 g/mol. The van der Waals surface area contributed by atoms with Crippen molar-refractivity contribution in [3.05, 3.63) is 88.0 Å². The number of allylic oxidation sites excluding steroid dienone is 2. The first-order valence-electron chi connectivity index (χ1n) is 21.6. The number of nitrogens with zero attached hydrogens (tertiary/aromatic N) is 8. The predicted octanol–water partition coefficient (Wildman–Crippen LogP) is 5.02. The van der Waals surface area contributed by atoms with Gasteiger partial charge in [-0.25, -0.2) is 9.98 Å². The van der Waals surface area contributed by atoms with E-state index in [4.69, 9.17) is 29.9 Å². The highest BCUT2D eigenvalue weighted by atomic mass is 16.5. The van der Waals surface area contributed by atoms with E-state index in [0.717, 1.165) is 43.0 Å². The largest absolute Gasteiger partial charge is 0.494 e. The smallest absolute Gasteiger partial charge is 0.276 e. The molecule has 18 nitrogen and oxygen atoms in total. The van der Waals surface area contributed by atoms with Crippen LogP contribution in [0.5, 0.6) is 11.5 Å². The van der Waals surface area contributed by atoms with Crippen molar-refractivity contribution >= 4 is 46.2 Å². The van der Waals surface area contributed by atoms with Crippen molar-refractivity contribution in [2.24, 2.45) is 10.7 Å². The molecule has 0 spiro atoms. The summed E-state index contributed by atoms with van der Waals surface area (Å²) in [5, 5.41) is 24.9. The molecule has 18 heteroatoms. The van der Waals surface area contributed by atoms with Gasteiger partial charge in [0.1, 0.15) is 34.2 Å². The van der Waals surface area contributed by atoms with Crippen molar-refractivity contribution < 1.29 is 33.7 Å². The highest BCUT2D eigenvalue weighted by Crippen LogP contribution is 2.45. The Labute approximate surface area is 366 Å². The number of unbranched alkanes of at least 4 members (excludes halogenated alkanes) is 1. The zero-order chi connectivity index (χ0) is 44.6. The number of ether oxygens (including phenoxy) is 3. The van der Waals surface area contributed by atoms with Crippen molar-refractivity contribution in [2.45, 2.75) is 85.5 Å². The molecule has 63 heavy (non-hydrogen) atoms. The third kappa shape index (κ3) is 10.1. The third-order valence-electron chi connectivity index (χ3n) is 11.2. The maximum absolute atomic E-state index is 13.8. The second-order valence-corrected chi connectivity index (χ2v) is 15.6. The number of aryl methyl sites for hydroxylation is 4. The Kier molecular flexibility index (Phi) is 14.3. The number of aromatic nitrogens is 6. The van der Waals surface area contributed by atoms with E-state index >= 15 is 0 Å². The molecule has 3 aromatic heterocycles. The van der Waals surface area contributed by atoms with Crippen LogP contribution in [0, 0.1) is 13.8 Å². The van der Waals surface area contributed by atoms with E-state index in [-0.39, 0.29) is 29.9 Å². The molecule has 2 aromatic carbocycles. The number of hydrogen-bond donors (Lipinski definition) is 4. The van der Waals surface area contributed by atoms with Gasteiger partial charge < -0.3 is 34.9 Å². The first-order valence-corrected chi connectivity index (χ1v) is 21.6. The molecular formula is C45H57N11O7. The summed E-state index contributed by atoms with van der Waals surface area (Å²) in [6.07, 6.45) is 6.80. The number of carbonyl (C=O) groups is 3. The van der Waals surface area contributed by atoms with Gasteiger partial charge in [-0.15, -0.1) is 0 Å². The molecule has 5 N–H and O–H groups in total. The quantitative estimate of drug-likeness (QED) is 0.0638. The molecule has 1 saturated heterocycles. The van der Waals surface area contributed by atoms with Crippen LogP contribution in [0.4, 0.5) is 11.6 Å². The Morgan fingerprint density at radius 2 is 1.62 bits per heavy atom. The van der Waals surface area contributed by atoms with Crippen LogP contribution in [0.1, 0.15) is 99.3 Å². The Morgan fingerprint density at radius 1 is 0.921 bits per heavy atom. The molecule has 2 aliphatic heterocycles. The van der Waals surface area contributed by atoms with Crippen LogP contribution >= 0.6 is 0 Å². The predicted molar refractivity (Wildman–Crippen MR) is 238 cm³/mol. The monoisotopic (exact) mass is 863 g/mol. The Bertz CT molecular complexity index is 2530. The van der Waals surface area contributed by atoms with Crippen molar-refractivity contribution in [3.8, 4) is 11.5 Å². The number of carbonyl (C=O) groups excluding carboxylic acids is 3. The maximum Gasteiger partial charge on any atom is 0.276 e. The second kappa shape index (κ2) is 20.2. The van der Waals surface area contributed by atoms with Crippen molar-refractivity contribution in [1.82, 2.24) is 39.3 Å². The van der Waals surface area contributed by atoms with Gasteiger partial charge in [-0.3, -0.25) is 34.0 Å². The van der Waals surface area contributed by atoms with Gasteiger partial charge in [-0.1, -0.05) is 12.2 Å². The van der Waals surface area contributed by atoms with Crippen molar-refractivity contribution in [2.75, 3.05) is 51.9 Å². The lowest BCUT2D eigenvalue weighted by Gasteiger charge is -2.26. The number of morpholine rings is 1. The number of aliphatic hydroxyl groups is 1. The zero-order valence-corrected chi connectivity index (χ0v) is 36.6. The number of amidine groups is 1. The average Bonchev–Trinajstić information content (AvgIpc) is 4.05. The number of imidazole rings is 1. The molecule has 1 unspecified atom stereocenters. The summed E-state index contributed by atoms with van der Waals surface area (Å²) in [4.78, 5) is 51.9. The van der Waals surface area contributed by atoms with E-state index in [1.54, 1.807) is 52.9 Å².